The standard InChI is InChI=1S/C20H26N2O2/c1-4-5-12-24-18-10-7-9-17(13-18)22-20(23)14-21-19-11-6-8-15(2)16(19)3/h6-11,13,21H,4-5,12,14H2,1-3H3,(H,22,23). The molecule has 0 heterocycles. The summed E-state index contributed by atoms with van der Waals surface area (Å²) in [5.74, 6) is 0.699. The molecule has 0 saturated carbocycles. The molecule has 0 aliphatic rings. The van der Waals surface area contributed by atoms with E-state index >= 15 is 0 Å². The Morgan fingerprint density at radius 1 is 1.12 bits per heavy atom. The van der Waals surface area contributed by atoms with E-state index in [1.807, 2.05) is 43.3 Å². The molecule has 0 fully saturated rings. The third kappa shape index (κ3) is 5.30. The number of benzene rings is 2. The van der Waals surface area contributed by atoms with Gasteiger partial charge in [0.1, 0.15) is 5.75 Å². The van der Waals surface area contributed by atoms with Crippen LogP contribution in [0.15, 0.2) is 42.5 Å². The van der Waals surface area contributed by atoms with Crippen LogP contribution in [0.3, 0.4) is 0 Å². The predicted octanol–water partition coefficient (Wildman–Crippen LogP) is 4.53. The molecule has 128 valence electrons. The van der Waals surface area contributed by atoms with Crippen LogP contribution in [0.5, 0.6) is 5.75 Å². The van der Waals surface area contributed by atoms with Crippen molar-refractivity contribution in [3.8, 4) is 5.75 Å². The first-order valence-electron chi connectivity index (χ1n) is 8.43. The zero-order valence-corrected chi connectivity index (χ0v) is 14.7. The Labute approximate surface area is 144 Å². The van der Waals surface area contributed by atoms with Crippen molar-refractivity contribution in [2.24, 2.45) is 0 Å². The van der Waals surface area contributed by atoms with Crippen LogP contribution < -0.4 is 15.4 Å². The van der Waals surface area contributed by atoms with Crippen LogP contribution in [-0.2, 0) is 4.79 Å². The smallest absolute Gasteiger partial charge is 0.243 e. The molecule has 0 saturated heterocycles. The minimum Gasteiger partial charge on any atom is -0.494 e. The lowest BCUT2D eigenvalue weighted by Crippen LogP contribution is -2.22. The number of ether oxygens (including phenoxy) is 1. The van der Waals surface area contributed by atoms with Gasteiger partial charge in [-0.1, -0.05) is 31.5 Å². The lowest BCUT2D eigenvalue weighted by molar-refractivity contribution is -0.114. The minimum atomic E-state index is -0.0818. The molecule has 0 atom stereocenters. The summed E-state index contributed by atoms with van der Waals surface area (Å²) in [6.07, 6.45) is 2.12. The van der Waals surface area contributed by atoms with E-state index in [1.165, 1.54) is 5.56 Å². The predicted molar refractivity (Wildman–Crippen MR) is 99.9 cm³/mol. The summed E-state index contributed by atoms with van der Waals surface area (Å²) in [5.41, 5.74) is 4.10. The minimum absolute atomic E-state index is 0.0818. The lowest BCUT2D eigenvalue weighted by Gasteiger charge is -2.12. The highest BCUT2D eigenvalue weighted by atomic mass is 16.5. The van der Waals surface area contributed by atoms with Crippen LogP contribution in [0, 0.1) is 13.8 Å². The van der Waals surface area contributed by atoms with Crippen LogP contribution in [0.2, 0.25) is 0 Å². The molecule has 0 aromatic heterocycles. The van der Waals surface area contributed by atoms with Crippen LogP contribution in [0.1, 0.15) is 30.9 Å². The Kier molecular flexibility index (Phi) is 6.67. The van der Waals surface area contributed by atoms with Gasteiger partial charge in [0.25, 0.3) is 0 Å². The number of aryl methyl sites for hydroxylation is 1. The van der Waals surface area contributed by atoms with E-state index in [0.717, 1.165) is 35.5 Å². The molecule has 0 spiro atoms. The number of hydrogen-bond donors (Lipinski definition) is 2. The van der Waals surface area contributed by atoms with Crippen molar-refractivity contribution in [1.82, 2.24) is 0 Å². The first-order valence-corrected chi connectivity index (χ1v) is 8.43. The van der Waals surface area contributed by atoms with Crippen molar-refractivity contribution in [2.75, 3.05) is 23.8 Å². The maximum absolute atomic E-state index is 12.1. The van der Waals surface area contributed by atoms with Crippen LogP contribution in [-0.4, -0.2) is 19.1 Å². The number of carbonyl (C=O) groups is 1. The lowest BCUT2D eigenvalue weighted by atomic mass is 10.1. The van der Waals surface area contributed by atoms with Gasteiger partial charge >= 0.3 is 0 Å². The summed E-state index contributed by atoms with van der Waals surface area (Å²) < 4.78 is 5.66. The maximum atomic E-state index is 12.1. The van der Waals surface area contributed by atoms with E-state index in [9.17, 15) is 4.79 Å². The third-order valence-corrected chi connectivity index (χ3v) is 3.93. The quantitative estimate of drug-likeness (QED) is 0.701. The van der Waals surface area contributed by atoms with Crippen LogP contribution in [0.4, 0.5) is 11.4 Å². The molecule has 24 heavy (non-hydrogen) atoms. The molecule has 4 heteroatoms. The fraction of sp³-hybridized carbons (Fsp3) is 0.350. The average molecular weight is 326 g/mol. The number of carbonyl (C=O) groups excluding carboxylic acids is 1. The van der Waals surface area contributed by atoms with E-state index in [1.54, 1.807) is 0 Å². The molecule has 2 aromatic rings. The van der Waals surface area contributed by atoms with Crippen molar-refractivity contribution in [3.05, 3.63) is 53.6 Å². The van der Waals surface area contributed by atoms with Gasteiger partial charge in [-0.05, 0) is 49.6 Å². The van der Waals surface area contributed by atoms with Gasteiger partial charge < -0.3 is 15.4 Å². The van der Waals surface area contributed by atoms with Crippen molar-refractivity contribution < 1.29 is 9.53 Å². The molecule has 2 aromatic carbocycles. The molecular weight excluding hydrogens is 300 g/mol. The molecule has 0 aliphatic carbocycles. The Bertz CT molecular complexity index is 683. The summed E-state index contributed by atoms with van der Waals surface area (Å²) in [7, 11) is 0. The second-order valence-corrected chi connectivity index (χ2v) is 5.88. The Morgan fingerprint density at radius 2 is 1.92 bits per heavy atom. The molecule has 0 aliphatic heterocycles. The second-order valence-electron chi connectivity index (χ2n) is 5.88. The summed E-state index contributed by atoms with van der Waals surface area (Å²) >= 11 is 0. The SMILES string of the molecule is CCCCOc1cccc(NC(=O)CNc2cccc(C)c2C)c1. The van der Waals surface area contributed by atoms with Crippen molar-refractivity contribution in [3.63, 3.8) is 0 Å². The summed E-state index contributed by atoms with van der Waals surface area (Å²) in [6, 6.07) is 13.5. The number of hydrogen-bond acceptors (Lipinski definition) is 3. The topological polar surface area (TPSA) is 50.4 Å². The molecule has 1 amide bonds. The van der Waals surface area contributed by atoms with E-state index in [-0.39, 0.29) is 12.5 Å². The van der Waals surface area contributed by atoms with Gasteiger partial charge in [-0.25, -0.2) is 0 Å². The number of anilines is 2. The highest BCUT2D eigenvalue weighted by molar-refractivity contribution is 5.94. The molecule has 0 unspecified atom stereocenters. The number of nitrogens with one attached hydrogen (secondary N) is 2. The fourth-order valence-electron chi connectivity index (χ4n) is 2.32. The van der Waals surface area contributed by atoms with Gasteiger partial charge in [0.05, 0.1) is 13.2 Å². The number of unbranched alkanes of at least 4 members (excludes halogenated alkanes) is 1. The van der Waals surface area contributed by atoms with Gasteiger partial charge in [0.15, 0.2) is 0 Å². The van der Waals surface area contributed by atoms with E-state index < -0.39 is 0 Å². The number of rotatable bonds is 8. The highest BCUT2D eigenvalue weighted by Crippen LogP contribution is 2.19. The van der Waals surface area contributed by atoms with Gasteiger partial charge in [-0.15, -0.1) is 0 Å². The van der Waals surface area contributed by atoms with Gasteiger partial charge in [-0.3, -0.25) is 4.79 Å². The molecule has 0 radical (unpaired) electrons. The highest BCUT2D eigenvalue weighted by Gasteiger charge is 2.05. The van der Waals surface area contributed by atoms with Gasteiger partial charge in [-0.2, -0.15) is 0 Å². The zero-order chi connectivity index (χ0) is 17.4. The van der Waals surface area contributed by atoms with Crippen molar-refractivity contribution in [2.45, 2.75) is 33.6 Å². The summed E-state index contributed by atoms with van der Waals surface area (Å²) in [4.78, 5) is 12.1. The van der Waals surface area contributed by atoms with Crippen molar-refractivity contribution in [1.29, 1.82) is 0 Å². The van der Waals surface area contributed by atoms with E-state index in [4.69, 9.17) is 4.74 Å². The molecule has 4 nitrogen and oxygen atoms in total. The maximum Gasteiger partial charge on any atom is 0.243 e. The van der Waals surface area contributed by atoms with Gasteiger partial charge in [0, 0.05) is 17.4 Å². The molecule has 2 N–H and O–H groups in total. The second kappa shape index (κ2) is 8.96. The Morgan fingerprint density at radius 3 is 2.71 bits per heavy atom. The van der Waals surface area contributed by atoms with E-state index in [0.29, 0.717) is 6.61 Å². The van der Waals surface area contributed by atoms with Crippen molar-refractivity contribution >= 4 is 17.3 Å². The molecule has 0 bridgehead atoms. The molecular formula is C20H26N2O2. The number of amides is 1. The summed E-state index contributed by atoms with van der Waals surface area (Å²) in [6.45, 7) is 7.16. The zero-order valence-electron chi connectivity index (χ0n) is 14.7. The normalized spacial score (nSPS) is 10.3. The fourth-order valence-corrected chi connectivity index (χ4v) is 2.32. The largest absolute Gasteiger partial charge is 0.494 e. The Balaban J connectivity index is 1.88. The summed E-state index contributed by atoms with van der Waals surface area (Å²) in [5, 5.41) is 6.08. The first-order chi connectivity index (χ1) is 11.6. The first kappa shape index (κ1) is 17.9. The van der Waals surface area contributed by atoms with Crippen LogP contribution >= 0.6 is 0 Å². The third-order valence-electron chi connectivity index (χ3n) is 3.93. The van der Waals surface area contributed by atoms with Gasteiger partial charge in [0.2, 0.25) is 5.91 Å². The average Bonchev–Trinajstić information content (AvgIpc) is 2.57. The van der Waals surface area contributed by atoms with E-state index in [2.05, 4.69) is 30.5 Å². The van der Waals surface area contributed by atoms with Crippen LogP contribution in [0.25, 0.3) is 0 Å². The Hall–Kier alpha value is -2.49. The molecule has 2 rings (SSSR count). The monoisotopic (exact) mass is 326 g/mol.